The zero-order chi connectivity index (χ0) is 15.1. The Hall–Kier alpha value is -1.27. The van der Waals surface area contributed by atoms with E-state index in [0.717, 1.165) is 6.42 Å². The van der Waals surface area contributed by atoms with Gasteiger partial charge in [-0.2, -0.15) is 0 Å². The van der Waals surface area contributed by atoms with Crippen LogP contribution in [0.3, 0.4) is 0 Å². The molecule has 0 bridgehead atoms. The third kappa shape index (κ3) is 5.93. The molecule has 0 saturated heterocycles. The summed E-state index contributed by atoms with van der Waals surface area (Å²) in [5.41, 5.74) is 6.23. The summed E-state index contributed by atoms with van der Waals surface area (Å²) in [7, 11) is -3.26. The predicted octanol–water partition coefficient (Wildman–Crippen LogP) is 2.15. The van der Waals surface area contributed by atoms with Gasteiger partial charge in [0.05, 0.1) is 5.75 Å². The second-order valence-electron chi connectivity index (χ2n) is 5.57. The maximum atomic E-state index is 11.8. The van der Waals surface area contributed by atoms with Crippen LogP contribution in [-0.4, -0.2) is 27.3 Å². The van der Waals surface area contributed by atoms with Crippen molar-refractivity contribution in [3.05, 3.63) is 24.3 Å². The normalized spacial score (nSPS) is 16.2. The molecular weight excluding hydrogens is 288 g/mol. The highest BCUT2D eigenvalue weighted by molar-refractivity contribution is 7.89. The minimum atomic E-state index is -3.26. The lowest BCUT2D eigenvalue weighted by Gasteiger charge is -2.11. The predicted molar refractivity (Wildman–Crippen MR) is 84.7 cm³/mol. The zero-order valence-electron chi connectivity index (χ0n) is 12.3. The van der Waals surface area contributed by atoms with Crippen LogP contribution in [0.5, 0.6) is 5.75 Å². The maximum absolute atomic E-state index is 11.8. The summed E-state index contributed by atoms with van der Waals surface area (Å²) >= 11 is 0. The van der Waals surface area contributed by atoms with E-state index in [2.05, 4.69) is 4.72 Å². The molecule has 0 aliphatic heterocycles. The lowest BCUT2D eigenvalue weighted by Crippen LogP contribution is -2.30. The molecule has 2 rings (SSSR count). The van der Waals surface area contributed by atoms with Crippen LogP contribution in [0.2, 0.25) is 0 Å². The van der Waals surface area contributed by atoms with Gasteiger partial charge in [0.2, 0.25) is 10.0 Å². The molecule has 3 N–H and O–H groups in total. The van der Waals surface area contributed by atoms with Crippen molar-refractivity contribution in [3.63, 3.8) is 0 Å². The van der Waals surface area contributed by atoms with Crippen molar-refractivity contribution in [2.75, 3.05) is 24.6 Å². The lowest BCUT2D eigenvalue weighted by atomic mass is 10.1. The number of sulfonamides is 1. The molecule has 0 heterocycles. The van der Waals surface area contributed by atoms with Gasteiger partial charge in [-0.15, -0.1) is 0 Å². The van der Waals surface area contributed by atoms with Crippen molar-refractivity contribution in [3.8, 4) is 5.75 Å². The maximum Gasteiger partial charge on any atom is 0.214 e. The van der Waals surface area contributed by atoms with E-state index >= 15 is 0 Å². The van der Waals surface area contributed by atoms with Crippen LogP contribution in [0.25, 0.3) is 0 Å². The largest absolute Gasteiger partial charge is 0.492 e. The molecule has 0 radical (unpaired) electrons. The van der Waals surface area contributed by atoms with Gasteiger partial charge in [0.15, 0.2) is 0 Å². The third-order valence-corrected chi connectivity index (χ3v) is 5.18. The molecule has 0 amide bonds. The minimum Gasteiger partial charge on any atom is -0.492 e. The van der Waals surface area contributed by atoms with Crippen LogP contribution < -0.4 is 15.2 Å². The molecule has 5 nitrogen and oxygen atoms in total. The fourth-order valence-electron chi connectivity index (χ4n) is 2.66. The monoisotopic (exact) mass is 312 g/mol. The number of rotatable bonds is 8. The van der Waals surface area contributed by atoms with E-state index in [0.29, 0.717) is 23.9 Å². The van der Waals surface area contributed by atoms with Gasteiger partial charge in [-0.25, -0.2) is 13.1 Å². The molecule has 0 atom stereocenters. The minimum absolute atomic E-state index is 0.0353. The molecule has 1 saturated carbocycles. The van der Waals surface area contributed by atoms with Gasteiger partial charge >= 0.3 is 0 Å². The molecule has 118 valence electrons. The average molecular weight is 312 g/mol. The van der Waals surface area contributed by atoms with Gasteiger partial charge < -0.3 is 10.5 Å². The lowest BCUT2D eigenvalue weighted by molar-refractivity contribution is 0.340. The number of hydrogen-bond acceptors (Lipinski definition) is 4. The molecule has 1 fully saturated rings. The number of nitrogens with one attached hydrogen (secondary N) is 1. The van der Waals surface area contributed by atoms with Crippen LogP contribution in [0.15, 0.2) is 24.3 Å². The summed E-state index contributed by atoms with van der Waals surface area (Å²) in [6.45, 7) is 0.660. The van der Waals surface area contributed by atoms with Crippen molar-refractivity contribution < 1.29 is 13.2 Å². The fraction of sp³-hybridized carbons (Fsp3) is 0.600. The van der Waals surface area contributed by atoms with Crippen LogP contribution in [-0.2, 0) is 10.0 Å². The van der Waals surface area contributed by atoms with E-state index in [9.17, 15) is 8.42 Å². The Kier molecular flexibility index (Phi) is 5.87. The number of ether oxygens (including phenoxy) is 1. The number of nitrogen functional groups attached to an aromatic ring is 1. The molecule has 0 aromatic heterocycles. The van der Waals surface area contributed by atoms with Crippen molar-refractivity contribution in [2.24, 2.45) is 5.92 Å². The smallest absolute Gasteiger partial charge is 0.214 e. The average Bonchev–Trinajstić information content (AvgIpc) is 2.91. The number of nitrogens with two attached hydrogens (primary N) is 1. The first-order valence-electron chi connectivity index (χ1n) is 7.51. The van der Waals surface area contributed by atoms with Crippen molar-refractivity contribution in [1.29, 1.82) is 0 Å². The summed E-state index contributed by atoms with van der Waals surface area (Å²) in [6, 6.07) is 6.98. The molecule has 0 unspecified atom stereocenters. The number of anilines is 1. The third-order valence-electron chi connectivity index (χ3n) is 3.83. The van der Waals surface area contributed by atoms with Crippen molar-refractivity contribution >= 4 is 15.7 Å². The standard InChI is InChI=1S/C15H24N2O3S/c16-14-6-3-7-15(12-14)20-10-11-21(18,19)17-9-8-13-4-1-2-5-13/h3,6-7,12-13,17H,1-2,4-5,8-11,16H2. The first-order chi connectivity index (χ1) is 10.1. The molecule has 6 heteroatoms. The van der Waals surface area contributed by atoms with Crippen molar-refractivity contribution in [1.82, 2.24) is 4.72 Å². The topological polar surface area (TPSA) is 81.4 Å². The highest BCUT2D eigenvalue weighted by Crippen LogP contribution is 2.26. The van der Waals surface area contributed by atoms with Gasteiger partial charge in [-0.3, -0.25) is 0 Å². The first-order valence-corrected chi connectivity index (χ1v) is 9.16. The first kappa shape index (κ1) is 16.1. The second kappa shape index (κ2) is 7.66. The Labute approximate surface area is 126 Å². The molecule has 21 heavy (non-hydrogen) atoms. The van der Waals surface area contributed by atoms with Crippen LogP contribution in [0, 0.1) is 5.92 Å². The van der Waals surface area contributed by atoms with Gasteiger partial charge in [-0.1, -0.05) is 31.7 Å². The molecule has 1 aliphatic rings. The number of hydrogen-bond donors (Lipinski definition) is 2. The summed E-state index contributed by atoms with van der Waals surface area (Å²) < 4.78 is 31.7. The second-order valence-corrected chi connectivity index (χ2v) is 7.50. The highest BCUT2D eigenvalue weighted by atomic mass is 32.2. The van der Waals surface area contributed by atoms with Gasteiger partial charge in [0.25, 0.3) is 0 Å². The van der Waals surface area contributed by atoms with E-state index in [4.69, 9.17) is 10.5 Å². The summed E-state index contributed by atoms with van der Waals surface area (Å²) in [4.78, 5) is 0. The van der Waals surface area contributed by atoms with Gasteiger partial charge in [-0.05, 0) is 24.5 Å². The van der Waals surface area contributed by atoms with E-state index in [1.54, 1.807) is 24.3 Å². The highest BCUT2D eigenvalue weighted by Gasteiger charge is 2.16. The number of benzene rings is 1. The molecular formula is C15H24N2O3S. The van der Waals surface area contributed by atoms with Gasteiger partial charge in [0, 0.05) is 18.3 Å². The van der Waals surface area contributed by atoms with Crippen LogP contribution in [0.4, 0.5) is 5.69 Å². The van der Waals surface area contributed by atoms with Crippen LogP contribution >= 0.6 is 0 Å². The van der Waals surface area contributed by atoms with Crippen molar-refractivity contribution in [2.45, 2.75) is 32.1 Å². The molecule has 1 aliphatic carbocycles. The van der Waals surface area contributed by atoms with Crippen LogP contribution in [0.1, 0.15) is 32.1 Å². The summed E-state index contributed by atoms with van der Waals surface area (Å²) in [5.74, 6) is 1.25. The summed E-state index contributed by atoms with van der Waals surface area (Å²) in [6.07, 6.45) is 5.98. The molecule has 1 aromatic carbocycles. The Bertz CT molecular complexity index is 540. The molecule has 1 aromatic rings. The zero-order valence-corrected chi connectivity index (χ0v) is 13.1. The van der Waals surface area contributed by atoms with E-state index < -0.39 is 10.0 Å². The van der Waals surface area contributed by atoms with E-state index in [1.165, 1.54) is 25.7 Å². The Morgan fingerprint density at radius 3 is 2.76 bits per heavy atom. The molecule has 0 spiro atoms. The summed E-state index contributed by atoms with van der Waals surface area (Å²) in [5, 5.41) is 0. The Balaban J connectivity index is 1.66. The quantitative estimate of drug-likeness (QED) is 0.721. The van der Waals surface area contributed by atoms with E-state index in [1.807, 2.05) is 0 Å². The Morgan fingerprint density at radius 2 is 2.05 bits per heavy atom. The fourth-order valence-corrected chi connectivity index (χ4v) is 3.54. The van der Waals surface area contributed by atoms with E-state index in [-0.39, 0.29) is 12.4 Å². The van der Waals surface area contributed by atoms with Gasteiger partial charge in [0.1, 0.15) is 12.4 Å². The SMILES string of the molecule is Nc1cccc(OCCS(=O)(=O)NCCC2CCCC2)c1. The Morgan fingerprint density at radius 1 is 1.29 bits per heavy atom.